The van der Waals surface area contributed by atoms with Gasteiger partial charge in [-0.05, 0) is 36.8 Å². The van der Waals surface area contributed by atoms with Gasteiger partial charge in [-0.2, -0.15) is 0 Å². The minimum Gasteiger partial charge on any atom is -0.462 e. The summed E-state index contributed by atoms with van der Waals surface area (Å²) in [4.78, 5) is 15.6. The zero-order valence-electron chi connectivity index (χ0n) is 12.4. The number of halogens is 2. The number of pyridine rings is 1. The van der Waals surface area contributed by atoms with Crippen LogP contribution in [0.25, 0.3) is 0 Å². The summed E-state index contributed by atoms with van der Waals surface area (Å²) in [6, 6.07) is 7.30. The van der Waals surface area contributed by atoms with Crippen LogP contribution in [0.15, 0.2) is 36.5 Å². The molecule has 0 saturated heterocycles. The van der Waals surface area contributed by atoms with E-state index in [0.717, 1.165) is 0 Å². The van der Waals surface area contributed by atoms with Crippen molar-refractivity contribution in [2.45, 2.75) is 13.0 Å². The first kappa shape index (κ1) is 17.2. The maximum absolute atomic E-state index is 13.4. The third-order valence-corrected chi connectivity index (χ3v) is 3.39. The first-order chi connectivity index (χ1) is 11.0. The molecule has 1 unspecified atom stereocenters. The third kappa shape index (κ3) is 4.64. The molecular formula is C16H16ClFN2O3. The van der Waals surface area contributed by atoms with Crippen LogP contribution in [-0.2, 0) is 4.74 Å². The van der Waals surface area contributed by atoms with E-state index in [-0.39, 0.29) is 11.6 Å². The molecule has 0 bridgehead atoms. The van der Waals surface area contributed by atoms with Crippen LogP contribution in [0.2, 0.25) is 5.02 Å². The number of rotatable bonds is 6. The van der Waals surface area contributed by atoms with Gasteiger partial charge in [-0.3, -0.25) is 0 Å². The summed E-state index contributed by atoms with van der Waals surface area (Å²) in [5.74, 6) is -0.546. The molecule has 0 radical (unpaired) electrons. The van der Waals surface area contributed by atoms with Crippen LogP contribution >= 0.6 is 11.6 Å². The molecule has 2 rings (SSSR count). The minimum atomic E-state index is -0.923. The first-order valence-corrected chi connectivity index (χ1v) is 7.39. The molecule has 23 heavy (non-hydrogen) atoms. The Morgan fingerprint density at radius 2 is 2.22 bits per heavy atom. The van der Waals surface area contributed by atoms with Crippen LogP contribution < -0.4 is 5.32 Å². The van der Waals surface area contributed by atoms with Gasteiger partial charge in [0.05, 0.1) is 23.3 Å². The van der Waals surface area contributed by atoms with Crippen LogP contribution in [0.3, 0.4) is 0 Å². The Labute approximate surface area is 138 Å². The zero-order chi connectivity index (χ0) is 16.8. The predicted octanol–water partition coefficient (Wildman–Crippen LogP) is 3.20. The Kier molecular flexibility index (Phi) is 5.90. The maximum atomic E-state index is 13.4. The van der Waals surface area contributed by atoms with E-state index in [1.54, 1.807) is 25.1 Å². The lowest BCUT2D eigenvalue weighted by Gasteiger charge is -2.13. The zero-order valence-corrected chi connectivity index (χ0v) is 13.2. The number of carbonyl (C=O) groups excluding carboxylic acids is 1. The second-order valence-corrected chi connectivity index (χ2v) is 5.13. The predicted molar refractivity (Wildman–Crippen MR) is 85.1 cm³/mol. The maximum Gasteiger partial charge on any atom is 0.339 e. The van der Waals surface area contributed by atoms with Gasteiger partial charge in [0.2, 0.25) is 0 Å². The fourth-order valence-electron chi connectivity index (χ4n) is 1.87. The highest BCUT2D eigenvalue weighted by Gasteiger charge is 2.11. The number of hydrogen-bond acceptors (Lipinski definition) is 5. The van der Waals surface area contributed by atoms with Gasteiger partial charge in [0.1, 0.15) is 11.6 Å². The lowest BCUT2D eigenvalue weighted by Crippen LogP contribution is -2.13. The van der Waals surface area contributed by atoms with E-state index in [0.29, 0.717) is 23.6 Å². The van der Waals surface area contributed by atoms with E-state index in [4.69, 9.17) is 16.3 Å². The Bertz CT molecular complexity index is 680. The van der Waals surface area contributed by atoms with Crippen molar-refractivity contribution in [1.29, 1.82) is 0 Å². The van der Waals surface area contributed by atoms with E-state index < -0.39 is 17.9 Å². The fraction of sp³-hybridized carbons (Fsp3) is 0.250. The highest BCUT2D eigenvalue weighted by molar-refractivity contribution is 6.30. The van der Waals surface area contributed by atoms with Crippen molar-refractivity contribution in [3.63, 3.8) is 0 Å². The van der Waals surface area contributed by atoms with Crippen molar-refractivity contribution >= 4 is 23.4 Å². The Balaban J connectivity index is 1.94. The normalized spacial score (nSPS) is 11.8. The Morgan fingerprint density at radius 3 is 2.83 bits per heavy atom. The van der Waals surface area contributed by atoms with Crippen molar-refractivity contribution < 1.29 is 19.0 Å². The van der Waals surface area contributed by atoms with E-state index in [9.17, 15) is 14.3 Å². The van der Waals surface area contributed by atoms with Crippen molar-refractivity contribution in [2.75, 3.05) is 18.5 Å². The Morgan fingerprint density at radius 1 is 1.43 bits per heavy atom. The van der Waals surface area contributed by atoms with Crippen LogP contribution in [0.5, 0.6) is 0 Å². The standard InChI is InChI=1S/C16H16ClFN2O3/c1-2-23-16(22)11-4-6-15(19-8-11)20-9-14(21)10-3-5-12(17)13(18)7-10/h3-8,14,21H,2,9H2,1H3,(H,19,20). The third-order valence-electron chi connectivity index (χ3n) is 3.08. The minimum absolute atomic E-state index is 0.00475. The lowest BCUT2D eigenvalue weighted by atomic mass is 10.1. The number of hydrogen-bond donors (Lipinski definition) is 2. The molecule has 7 heteroatoms. The van der Waals surface area contributed by atoms with E-state index >= 15 is 0 Å². The number of nitrogens with one attached hydrogen (secondary N) is 1. The molecule has 0 fully saturated rings. The van der Waals surface area contributed by atoms with E-state index in [2.05, 4.69) is 10.3 Å². The summed E-state index contributed by atoms with van der Waals surface area (Å²) in [7, 11) is 0. The monoisotopic (exact) mass is 338 g/mol. The molecule has 122 valence electrons. The number of anilines is 1. The molecule has 2 aromatic rings. The van der Waals surface area contributed by atoms with Gasteiger partial charge in [0.15, 0.2) is 0 Å². The van der Waals surface area contributed by atoms with Crippen molar-refractivity contribution in [2.24, 2.45) is 0 Å². The topological polar surface area (TPSA) is 71.5 Å². The summed E-state index contributed by atoms with van der Waals surface area (Å²) in [5, 5.41) is 12.9. The second-order valence-electron chi connectivity index (χ2n) is 4.72. The molecule has 0 aliphatic carbocycles. The van der Waals surface area contributed by atoms with Crippen molar-refractivity contribution in [1.82, 2.24) is 4.98 Å². The van der Waals surface area contributed by atoms with Crippen molar-refractivity contribution in [3.05, 3.63) is 58.5 Å². The molecule has 1 aromatic carbocycles. The first-order valence-electron chi connectivity index (χ1n) is 7.01. The van der Waals surface area contributed by atoms with Gasteiger partial charge < -0.3 is 15.2 Å². The van der Waals surface area contributed by atoms with E-state index in [1.165, 1.54) is 18.3 Å². The van der Waals surface area contributed by atoms with Gasteiger partial charge in [0, 0.05) is 12.7 Å². The molecule has 1 atom stereocenters. The number of nitrogens with zero attached hydrogens (tertiary/aromatic N) is 1. The summed E-state index contributed by atoms with van der Waals surface area (Å²) in [6.07, 6.45) is 0.461. The summed E-state index contributed by atoms with van der Waals surface area (Å²) in [6.45, 7) is 2.15. The smallest absolute Gasteiger partial charge is 0.339 e. The molecule has 1 heterocycles. The molecule has 0 aliphatic heterocycles. The highest BCUT2D eigenvalue weighted by atomic mass is 35.5. The fourth-order valence-corrected chi connectivity index (χ4v) is 1.99. The van der Waals surface area contributed by atoms with Gasteiger partial charge >= 0.3 is 5.97 Å². The van der Waals surface area contributed by atoms with Crippen LogP contribution in [-0.4, -0.2) is 29.2 Å². The van der Waals surface area contributed by atoms with Gasteiger partial charge in [0.25, 0.3) is 0 Å². The number of aromatic nitrogens is 1. The number of ether oxygens (including phenoxy) is 1. The summed E-state index contributed by atoms with van der Waals surface area (Å²) < 4.78 is 18.2. The molecule has 0 amide bonds. The van der Waals surface area contributed by atoms with Gasteiger partial charge in [-0.15, -0.1) is 0 Å². The number of aliphatic hydroxyl groups is 1. The van der Waals surface area contributed by atoms with Crippen LogP contribution in [0.4, 0.5) is 10.2 Å². The number of benzene rings is 1. The van der Waals surface area contributed by atoms with Crippen LogP contribution in [0, 0.1) is 5.82 Å². The summed E-state index contributed by atoms with van der Waals surface area (Å²) >= 11 is 5.60. The molecule has 0 spiro atoms. The van der Waals surface area contributed by atoms with Crippen molar-refractivity contribution in [3.8, 4) is 0 Å². The summed E-state index contributed by atoms with van der Waals surface area (Å²) in [5.41, 5.74) is 0.750. The number of aliphatic hydroxyl groups excluding tert-OH is 1. The lowest BCUT2D eigenvalue weighted by molar-refractivity contribution is 0.0526. The highest BCUT2D eigenvalue weighted by Crippen LogP contribution is 2.20. The molecule has 0 saturated carbocycles. The molecular weight excluding hydrogens is 323 g/mol. The average molecular weight is 339 g/mol. The number of carbonyl (C=O) groups is 1. The Hall–Kier alpha value is -2.18. The average Bonchev–Trinajstić information content (AvgIpc) is 2.56. The van der Waals surface area contributed by atoms with Gasteiger partial charge in [-0.25, -0.2) is 14.2 Å². The van der Waals surface area contributed by atoms with Gasteiger partial charge in [-0.1, -0.05) is 17.7 Å². The molecule has 5 nitrogen and oxygen atoms in total. The second kappa shape index (κ2) is 7.89. The molecule has 2 N–H and O–H groups in total. The SMILES string of the molecule is CCOC(=O)c1ccc(NCC(O)c2ccc(Cl)c(F)c2)nc1. The van der Waals surface area contributed by atoms with E-state index in [1.807, 2.05) is 0 Å². The molecule has 0 aliphatic rings. The number of esters is 1. The quantitative estimate of drug-likeness (QED) is 0.791. The molecule has 1 aromatic heterocycles. The van der Waals surface area contributed by atoms with Crippen LogP contribution in [0.1, 0.15) is 28.9 Å². The largest absolute Gasteiger partial charge is 0.462 e.